The lowest BCUT2D eigenvalue weighted by molar-refractivity contribution is -0.121. The fraction of sp³-hybridized carbons (Fsp3) is 0.308. The van der Waals surface area contributed by atoms with E-state index in [2.05, 4.69) is 10.2 Å². The Balaban J connectivity index is 1.56. The number of anilines is 1. The molecule has 0 aliphatic carbocycles. The predicted molar refractivity (Wildman–Crippen MR) is 132 cm³/mol. The summed E-state index contributed by atoms with van der Waals surface area (Å²) in [5.74, 6) is 0.579. The minimum Gasteiger partial charge on any atom is -0.495 e. The number of amides is 2. The lowest BCUT2D eigenvalue weighted by Gasteiger charge is -2.30. The molecule has 1 N–H and O–H groups in total. The number of thiophene rings is 1. The van der Waals surface area contributed by atoms with Crippen LogP contribution in [0.3, 0.4) is 0 Å². The first kappa shape index (κ1) is 23.0. The Morgan fingerprint density at radius 2 is 1.85 bits per heavy atom. The number of aryl methyl sites for hydroxylation is 1. The first-order chi connectivity index (χ1) is 16.1. The quantitative estimate of drug-likeness (QED) is 0.581. The van der Waals surface area contributed by atoms with Crippen LogP contribution in [-0.2, 0) is 4.79 Å². The average molecular weight is 464 g/mol. The molecule has 33 heavy (non-hydrogen) atoms. The molecule has 0 saturated carbocycles. The molecule has 1 saturated heterocycles. The Morgan fingerprint density at radius 3 is 2.58 bits per heavy atom. The van der Waals surface area contributed by atoms with Gasteiger partial charge in [-0.1, -0.05) is 36.4 Å². The Hall–Kier alpha value is -3.16. The van der Waals surface area contributed by atoms with Crippen LogP contribution >= 0.6 is 11.3 Å². The second-order valence-electron chi connectivity index (χ2n) is 8.20. The summed E-state index contributed by atoms with van der Waals surface area (Å²) in [5.41, 5.74) is 3.36. The summed E-state index contributed by atoms with van der Waals surface area (Å²) in [6, 6.07) is 17.0. The highest BCUT2D eigenvalue weighted by molar-refractivity contribution is 7.08. The molecule has 2 heterocycles. The third-order valence-electron chi connectivity index (χ3n) is 5.93. The molecule has 4 rings (SSSR count). The van der Waals surface area contributed by atoms with E-state index < -0.39 is 6.04 Å². The van der Waals surface area contributed by atoms with Crippen LogP contribution in [0, 0.1) is 6.92 Å². The molecule has 3 aromatic rings. The van der Waals surface area contributed by atoms with Crippen molar-refractivity contribution in [1.82, 2.24) is 9.80 Å². The fourth-order valence-electron chi connectivity index (χ4n) is 4.25. The zero-order valence-corrected chi connectivity index (χ0v) is 19.8. The van der Waals surface area contributed by atoms with Crippen molar-refractivity contribution in [3.8, 4) is 5.75 Å². The summed E-state index contributed by atoms with van der Waals surface area (Å²) in [6.45, 7) is 4.59. The van der Waals surface area contributed by atoms with Crippen LogP contribution in [-0.4, -0.2) is 54.9 Å². The summed E-state index contributed by atoms with van der Waals surface area (Å²) in [4.78, 5) is 30.5. The molecule has 0 spiro atoms. The Bertz CT molecular complexity index is 1090. The molecule has 1 atom stereocenters. The molecule has 0 bridgehead atoms. The third kappa shape index (κ3) is 5.43. The zero-order valence-electron chi connectivity index (χ0n) is 19.0. The minimum atomic E-state index is -0.465. The standard InChI is InChI=1S/C26H29N3O3S/c1-19-9-10-23(32-2)22(17-19)27-25(30)24(20-7-4-3-5-8-20)28-12-6-13-29(15-14-28)26(31)21-11-16-33-18-21/h3-5,7-11,16-18,24H,6,12-15H2,1-2H3,(H,27,30). The van der Waals surface area contributed by atoms with Gasteiger partial charge in [-0.2, -0.15) is 11.3 Å². The van der Waals surface area contributed by atoms with E-state index in [0.29, 0.717) is 31.1 Å². The van der Waals surface area contributed by atoms with Crippen molar-refractivity contribution in [3.63, 3.8) is 0 Å². The summed E-state index contributed by atoms with van der Waals surface area (Å²) < 4.78 is 5.46. The molecule has 7 heteroatoms. The lowest BCUT2D eigenvalue weighted by Crippen LogP contribution is -2.40. The van der Waals surface area contributed by atoms with E-state index >= 15 is 0 Å². The Morgan fingerprint density at radius 1 is 1.03 bits per heavy atom. The van der Waals surface area contributed by atoms with Gasteiger partial charge >= 0.3 is 0 Å². The first-order valence-electron chi connectivity index (χ1n) is 11.1. The van der Waals surface area contributed by atoms with E-state index in [1.807, 2.05) is 77.2 Å². The van der Waals surface area contributed by atoms with Gasteiger partial charge in [0.15, 0.2) is 0 Å². The SMILES string of the molecule is COc1ccc(C)cc1NC(=O)C(c1ccccc1)N1CCCN(C(=O)c2ccsc2)CC1. The number of carbonyl (C=O) groups is 2. The second kappa shape index (κ2) is 10.6. The minimum absolute atomic E-state index is 0.0586. The van der Waals surface area contributed by atoms with Crippen molar-refractivity contribution in [2.75, 3.05) is 38.6 Å². The number of nitrogens with zero attached hydrogens (tertiary/aromatic N) is 2. The van der Waals surface area contributed by atoms with Gasteiger partial charge in [0.1, 0.15) is 11.8 Å². The topological polar surface area (TPSA) is 61.9 Å². The first-order valence-corrected chi connectivity index (χ1v) is 12.1. The molecule has 1 aliphatic rings. The highest BCUT2D eigenvalue weighted by Crippen LogP contribution is 2.29. The number of nitrogens with one attached hydrogen (secondary N) is 1. The fourth-order valence-corrected chi connectivity index (χ4v) is 4.88. The number of hydrogen-bond acceptors (Lipinski definition) is 5. The molecule has 1 fully saturated rings. The highest BCUT2D eigenvalue weighted by Gasteiger charge is 2.31. The molecule has 1 aromatic heterocycles. The van der Waals surface area contributed by atoms with Crippen molar-refractivity contribution < 1.29 is 14.3 Å². The van der Waals surface area contributed by atoms with Crippen LogP contribution in [0.1, 0.15) is 33.9 Å². The van der Waals surface area contributed by atoms with Crippen molar-refractivity contribution in [2.24, 2.45) is 0 Å². The van der Waals surface area contributed by atoms with Crippen LogP contribution in [0.4, 0.5) is 5.69 Å². The van der Waals surface area contributed by atoms with Crippen molar-refractivity contribution >= 4 is 28.8 Å². The van der Waals surface area contributed by atoms with Gasteiger partial charge in [-0.05, 0) is 48.1 Å². The monoisotopic (exact) mass is 463 g/mol. The smallest absolute Gasteiger partial charge is 0.254 e. The van der Waals surface area contributed by atoms with Gasteiger partial charge in [0.25, 0.3) is 5.91 Å². The summed E-state index contributed by atoms with van der Waals surface area (Å²) in [6.07, 6.45) is 0.806. The highest BCUT2D eigenvalue weighted by atomic mass is 32.1. The van der Waals surface area contributed by atoms with Gasteiger partial charge in [0, 0.05) is 31.6 Å². The van der Waals surface area contributed by atoms with E-state index in [-0.39, 0.29) is 11.8 Å². The molecular formula is C26H29N3O3S. The predicted octanol–water partition coefficient (Wildman–Crippen LogP) is 4.59. The van der Waals surface area contributed by atoms with E-state index in [0.717, 1.165) is 29.7 Å². The molecule has 2 aromatic carbocycles. The maximum absolute atomic E-state index is 13.6. The molecular weight excluding hydrogens is 434 g/mol. The molecule has 1 unspecified atom stereocenters. The third-order valence-corrected chi connectivity index (χ3v) is 6.61. The average Bonchev–Trinajstić information content (AvgIpc) is 3.26. The number of ether oxygens (including phenoxy) is 1. The molecule has 2 amide bonds. The largest absolute Gasteiger partial charge is 0.495 e. The maximum atomic E-state index is 13.6. The maximum Gasteiger partial charge on any atom is 0.254 e. The van der Waals surface area contributed by atoms with E-state index in [9.17, 15) is 9.59 Å². The van der Waals surface area contributed by atoms with E-state index in [4.69, 9.17) is 4.74 Å². The molecule has 0 radical (unpaired) electrons. The number of rotatable bonds is 6. The van der Waals surface area contributed by atoms with Gasteiger partial charge < -0.3 is 15.0 Å². The Labute approximate surface area is 198 Å². The Kier molecular flexibility index (Phi) is 7.42. The molecule has 1 aliphatic heterocycles. The van der Waals surface area contributed by atoms with Crippen molar-refractivity contribution in [3.05, 3.63) is 82.0 Å². The number of hydrogen-bond donors (Lipinski definition) is 1. The number of benzene rings is 2. The summed E-state index contributed by atoms with van der Waals surface area (Å²) in [5, 5.41) is 6.90. The van der Waals surface area contributed by atoms with Crippen LogP contribution < -0.4 is 10.1 Å². The van der Waals surface area contributed by atoms with Gasteiger partial charge in [-0.3, -0.25) is 14.5 Å². The van der Waals surface area contributed by atoms with Gasteiger partial charge in [0.2, 0.25) is 5.91 Å². The normalized spacial score (nSPS) is 15.5. The van der Waals surface area contributed by atoms with Gasteiger partial charge in [-0.25, -0.2) is 0 Å². The lowest BCUT2D eigenvalue weighted by atomic mass is 10.0. The van der Waals surface area contributed by atoms with E-state index in [1.54, 1.807) is 7.11 Å². The van der Waals surface area contributed by atoms with Crippen LogP contribution in [0.5, 0.6) is 5.75 Å². The summed E-state index contributed by atoms with van der Waals surface area (Å²) >= 11 is 1.53. The van der Waals surface area contributed by atoms with Crippen LogP contribution in [0.25, 0.3) is 0 Å². The summed E-state index contributed by atoms with van der Waals surface area (Å²) in [7, 11) is 1.60. The van der Waals surface area contributed by atoms with Crippen molar-refractivity contribution in [2.45, 2.75) is 19.4 Å². The zero-order chi connectivity index (χ0) is 23.2. The van der Waals surface area contributed by atoms with Crippen molar-refractivity contribution in [1.29, 1.82) is 0 Å². The van der Waals surface area contributed by atoms with Crippen LogP contribution in [0.15, 0.2) is 65.4 Å². The van der Waals surface area contributed by atoms with Gasteiger partial charge in [0.05, 0.1) is 18.4 Å². The number of carbonyl (C=O) groups excluding carboxylic acids is 2. The number of methoxy groups -OCH3 is 1. The van der Waals surface area contributed by atoms with Gasteiger partial charge in [-0.15, -0.1) is 0 Å². The molecule has 172 valence electrons. The second-order valence-corrected chi connectivity index (χ2v) is 8.98. The van der Waals surface area contributed by atoms with Crippen LogP contribution in [0.2, 0.25) is 0 Å². The molecule has 6 nitrogen and oxygen atoms in total. The van der Waals surface area contributed by atoms with E-state index in [1.165, 1.54) is 11.3 Å².